The summed E-state index contributed by atoms with van der Waals surface area (Å²) in [6.45, 7) is 0. The average Bonchev–Trinajstić information content (AvgIpc) is 3.69. The third kappa shape index (κ3) is 4.51. The number of hydrogen-bond acceptors (Lipinski definition) is 4. The number of nitrogens with zero attached hydrogens (tertiary/aromatic N) is 5. The van der Waals surface area contributed by atoms with Crippen LogP contribution in [-0.4, -0.2) is 10.6 Å². The van der Waals surface area contributed by atoms with Gasteiger partial charge in [0.05, 0.1) is 46.1 Å². The topological polar surface area (TPSA) is 79.5 Å². The molecule has 0 fully saturated rings. The van der Waals surface area contributed by atoms with E-state index in [0.717, 1.165) is 67.9 Å². The highest BCUT2D eigenvalue weighted by Crippen LogP contribution is 2.52. The van der Waals surface area contributed by atoms with Crippen molar-refractivity contribution in [3.8, 4) is 46.1 Å². The molecule has 5 nitrogen and oxygen atoms in total. The molecular formula is C45H29N5. The van der Waals surface area contributed by atoms with E-state index in [0.29, 0.717) is 17.5 Å². The highest BCUT2D eigenvalue weighted by atomic mass is 15.2. The van der Waals surface area contributed by atoms with Crippen molar-refractivity contribution >= 4 is 33.2 Å². The van der Waals surface area contributed by atoms with Crippen molar-refractivity contribution in [2.24, 2.45) is 0 Å². The Morgan fingerprint density at radius 3 is 2.02 bits per heavy atom. The maximum absolute atomic E-state index is 10.5. The predicted octanol–water partition coefficient (Wildman–Crippen LogP) is 10.7. The molecule has 2 heterocycles. The van der Waals surface area contributed by atoms with Crippen molar-refractivity contribution in [1.82, 2.24) is 4.57 Å². The molecule has 0 N–H and O–H groups in total. The SMILES string of the molecule is N#CC1=CC2c3cc(C#N)ccc3N(c3cccc(C#N)c3-c3cccc(-c4cccc(-n5c6ccccc6c6ccccc65)c4)c3)C2CC1. The van der Waals surface area contributed by atoms with Gasteiger partial charge in [0.25, 0.3) is 0 Å². The summed E-state index contributed by atoms with van der Waals surface area (Å²) in [5.41, 5.74) is 12.4. The predicted molar refractivity (Wildman–Crippen MR) is 199 cm³/mol. The summed E-state index contributed by atoms with van der Waals surface area (Å²) >= 11 is 0. The molecule has 0 saturated heterocycles. The van der Waals surface area contributed by atoms with E-state index in [4.69, 9.17) is 0 Å². The van der Waals surface area contributed by atoms with Crippen LogP contribution >= 0.6 is 0 Å². The zero-order chi connectivity index (χ0) is 33.8. The van der Waals surface area contributed by atoms with Crippen LogP contribution in [0.4, 0.5) is 11.4 Å². The van der Waals surface area contributed by atoms with Crippen molar-refractivity contribution < 1.29 is 0 Å². The molecule has 1 aromatic heterocycles. The Morgan fingerprint density at radius 1 is 0.580 bits per heavy atom. The molecule has 5 heteroatoms. The van der Waals surface area contributed by atoms with Gasteiger partial charge in [-0.05, 0) is 95.8 Å². The number of benzene rings is 6. The molecule has 0 saturated carbocycles. The Bertz CT molecular complexity index is 2620. The molecule has 1 aliphatic carbocycles. The summed E-state index contributed by atoms with van der Waals surface area (Å²) in [6, 6.07) is 53.2. The Hall–Kier alpha value is -6.87. The highest BCUT2D eigenvalue weighted by Gasteiger charge is 2.41. The first-order chi connectivity index (χ1) is 24.7. The minimum atomic E-state index is -0.0183. The minimum Gasteiger partial charge on any atom is -0.337 e. The summed E-state index contributed by atoms with van der Waals surface area (Å²) in [6.07, 6.45) is 3.57. The van der Waals surface area contributed by atoms with E-state index in [1.165, 1.54) is 10.8 Å². The zero-order valence-corrected chi connectivity index (χ0v) is 27.1. The van der Waals surface area contributed by atoms with Gasteiger partial charge < -0.3 is 9.47 Å². The van der Waals surface area contributed by atoms with Gasteiger partial charge in [0.15, 0.2) is 0 Å². The van der Waals surface area contributed by atoms with E-state index >= 15 is 0 Å². The lowest BCUT2D eigenvalue weighted by molar-refractivity contribution is 0.557. The highest BCUT2D eigenvalue weighted by molar-refractivity contribution is 6.09. The van der Waals surface area contributed by atoms with Crippen LogP contribution in [-0.2, 0) is 0 Å². The Balaban J connectivity index is 1.18. The normalized spacial score (nSPS) is 16.3. The molecular weight excluding hydrogens is 611 g/mol. The van der Waals surface area contributed by atoms with Crippen LogP contribution in [0.3, 0.4) is 0 Å². The van der Waals surface area contributed by atoms with Crippen molar-refractivity contribution in [3.05, 3.63) is 162 Å². The summed E-state index contributed by atoms with van der Waals surface area (Å²) in [4.78, 5) is 2.34. The van der Waals surface area contributed by atoms with Gasteiger partial charge in [-0.25, -0.2) is 0 Å². The monoisotopic (exact) mass is 639 g/mol. The molecule has 0 bridgehead atoms. The molecule has 0 amide bonds. The van der Waals surface area contributed by atoms with Crippen LogP contribution in [0.15, 0.2) is 145 Å². The van der Waals surface area contributed by atoms with Crippen LogP contribution in [0.25, 0.3) is 49.7 Å². The van der Waals surface area contributed by atoms with Crippen molar-refractivity contribution in [1.29, 1.82) is 15.8 Å². The van der Waals surface area contributed by atoms with Gasteiger partial charge >= 0.3 is 0 Å². The van der Waals surface area contributed by atoms with Crippen molar-refractivity contribution in [3.63, 3.8) is 0 Å². The second-order valence-corrected chi connectivity index (χ2v) is 13.0. The maximum atomic E-state index is 10.5. The third-order valence-electron chi connectivity index (χ3n) is 10.3. The Morgan fingerprint density at radius 2 is 1.28 bits per heavy atom. The van der Waals surface area contributed by atoms with Gasteiger partial charge in [-0.2, -0.15) is 15.8 Å². The maximum Gasteiger partial charge on any atom is 0.0998 e. The fraction of sp³-hybridized carbons (Fsp3) is 0.0889. The first kappa shape index (κ1) is 29.3. The van der Waals surface area contributed by atoms with E-state index in [2.05, 4.69) is 137 Å². The first-order valence-electron chi connectivity index (χ1n) is 16.8. The molecule has 2 atom stereocenters. The molecule has 1 aliphatic heterocycles. The molecule has 50 heavy (non-hydrogen) atoms. The van der Waals surface area contributed by atoms with E-state index in [9.17, 15) is 15.8 Å². The molecule has 7 aromatic rings. The number of aromatic nitrogens is 1. The van der Waals surface area contributed by atoms with Gasteiger partial charge in [-0.15, -0.1) is 0 Å². The fourth-order valence-electron chi connectivity index (χ4n) is 8.19. The fourth-order valence-corrected chi connectivity index (χ4v) is 8.19. The van der Waals surface area contributed by atoms with E-state index in [1.54, 1.807) is 0 Å². The van der Waals surface area contributed by atoms with E-state index in [1.807, 2.05) is 30.3 Å². The molecule has 0 radical (unpaired) electrons. The molecule has 234 valence electrons. The quantitative estimate of drug-likeness (QED) is 0.192. The van der Waals surface area contributed by atoms with Crippen LogP contribution in [0.5, 0.6) is 0 Å². The smallest absolute Gasteiger partial charge is 0.0998 e. The summed E-state index contributed by atoms with van der Waals surface area (Å²) < 4.78 is 2.33. The molecule has 2 aliphatic rings. The van der Waals surface area contributed by atoms with Gasteiger partial charge in [0.2, 0.25) is 0 Å². The number of hydrogen-bond donors (Lipinski definition) is 0. The van der Waals surface area contributed by atoms with Crippen LogP contribution in [0, 0.1) is 34.0 Å². The van der Waals surface area contributed by atoms with E-state index in [-0.39, 0.29) is 12.0 Å². The standard InChI is InChI=1S/C45H29N5/c46-26-29-18-20-42-38(22-29)39-23-30(27-47)19-21-43(39)50(42)44-17-7-11-34(28-48)45(44)33-10-5-8-31(24-33)32-9-6-12-35(25-32)49-40-15-3-1-13-36(40)37-14-2-4-16-41(37)49/h1-18,20,22-25,39,43H,19,21H2. The number of allylic oxidation sites excluding steroid dienone is 1. The molecule has 6 aromatic carbocycles. The zero-order valence-electron chi connectivity index (χ0n) is 27.1. The molecule has 0 spiro atoms. The second-order valence-electron chi connectivity index (χ2n) is 13.0. The van der Waals surface area contributed by atoms with Gasteiger partial charge in [0, 0.05) is 45.2 Å². The number of fused-ring (bicyclic) bond motifs is 6. The lowest BCUT2D eigenvalue weighted by Gasteiger charge is -2.33. The third-order valence-corrected chi connectivity index (χ3v) is 10.3. The Labute approximate surface area is 290 Å². The van der Waals surface area contributed by atoms with Crippen LogP contribution < -0.4 is 4.90 Å². The minimum absolute atomic E-state index is 0.0183. The van der Waals surface area contributed by atoms with Crippen molar-refractivity contribution in [2.45, 2.75) is 24.8 Å². The lowest BCUT2D eigenvalue weighted by Crippen LogP contribution is -2.32. The summed E-state index contributed by atoms with van der Waals surface area (Å²) in [7, 11) is 0. The molecule has 2 unspecified atom stereocenters. The van der Waals surface area contributed by atoms with Gasteiger partial charge in [-0.1, -0.05) is 78.9 Å². The summed E-state index contributed by atoms with van der Waals surface area (Å²) in [5, 5.41) is 32.4. The first-order valence-corrected chi connectivity index (χ1v) is 16.8. The second kappa shape index (κ2) is 11.7. The summed E-state index contributed by atoms with van der Waals surface area (Å²) in [5.74, 6) is -0.0183. The number of para-hydroxylation sites is 2. The van der Waals surface area contributed by atoms with Crippen molar-refractivity contribution in [2.75, 3.05) is 4.90 Å². The Kier molecular flexibility index (Phi) is 6.84. The number of rotatable bonds is 4. The van der Waals surface area contributed by atoms with Crippen LogP contribution in [0.1, 0.15) is 35.4 Å². The van der Waals surface area contributed by atoms with Crippen LogP contribution in [0.2, 0.25) is 0 Å². The van der Waals surface area contributed by atoms with Gasteiger partial charge in [0.1, 0.15) is 0 Å². The van der Waals surface area contributed by atoms with E-state index < -0.39 is 0 Å². The molecule has 9 rings (SSSR count). The van der Waals surface area contributed by atoms with Gasteiger partial charge in [-0.3, -0.25) is 0 Å². The number of nitriles is 3. The number of anilines is 2. The average molecular weight is 640 g/mol. The largest absolute Gasteiger partial charge is 0.337 e. The lowest BCUT2D eigenvalue weighted by atomic mass is 9.83.